The molecule has 0 saturated heterocycles. The van der Waals surface area contributed by atoms with Crippen LogP contribution in [0.2, 0.25) is 5.02 Å². The fraction of sp³-hybridized carbons (Fsp3) is 0.263. The first kappa shape index (κ1) is 22.0. The second-order valence-corrected chi connectivity index (χ2v) is 8.10. The summed E-state index contributed by atoms with van der Waals surface area (Å²) in [4.78, 5) is 28.8. The molecule has 28 heavy (non-hydrogen) atoms. The van der Waals surface area contributed by atoms with Gasteiger partial charge in [-0.25, -0.2) is 13.2 Å². The van der Waals surface area contributed by atoms with Crippen molar-refractivity contribution in [1.82, 2.24) is 4.47 Å². The number of ether oxygens (including phenoxy) is 1. The Hall–Kier alpha value is -2.26. The summed E-state index contributed by atoms with van der Waals surface area (Å²) in [6, 6.07) is 10.7. The summed E-state index contributed by atoms with van der Waals surface area (Å²) in [6.07, 6.45) is 0.851. The minimum absolute atomic E-state index is 0.0541. The van der Waals surface area contributed by atoms with Gasteiger partial charge in [-0.05, 0) is 30.2 Å². The lowest BCUT2D eigenvalue weighted by atomic mass is 10.1. The van der Waals surface area contributed by atoms with Crippen molar-refractivity contribution in [2.45, 2.75) is 18.2 Å². The van der Waals surface area contributed by atoms with E-state index in [1.54, 1.807) is 12.1 Å². The summed E-state index contributed by atoms with van der Waals surface area (Å²) in [5.74, 6) is -1.20. The van der Waals surface area contributed by atoms with Crippen LogP contribution in [0.4, 0.5) is 0 Å². The van der Waals surface area contributed by atoms with Crippen LogP contribution in [0.15, 0.2) is 47.4 Å². The zero-order chi connectivity index (χ0) is 20.9. The maximum Gasteiger partial charge on any atom is 0.338 e. The highest BCUT2D eigenvalue weighted by atomic mass is 35.5. The van der Waals surface area contributed by atoms with Crippen LogP contribution in [0.5, 0.6) is 0 Å². The molecule has 0 saturated carbocycles. The van der Waals surface area contributed by atoms with Crippen LogP contribution in [-0.4, -0.2) is 45.4 Å². The third-order valence-electron chi connectivity index (χ3n) is 4.06. The summed E-state index contributed by atoms with van der Waals surface area (Å²) < 4.78 is 30.4. The molecule has 0 aliphatic heterocycles. The Morgan fingerprint density at radius 2 is 1.68 bits per heavy atom. The molecule has 7 nitrogen and oxygen atoms in total. The van der Waals surface area contributed by atoms with Gasteiger partial charge in [0.2, 0.25) is 0 Å². The molecule has 0 spiro atoms. The number of esters is 1. The minimum atomic E-state index is -4.05. The van der Waals surface area contributed by atoms with E-state index in [-0.39, 0.29) is 21.3 Å². The van der Waals surface area contributed by atoms with E-state index in [4.69, 9.17) is 21.2 Å². The maximum atomic E-state index is 12.4. The van der Waals surface area contributed by atoms with Gasteiger partial charge in [0.05, 0.1) is 17.7 Å². The zero-order valence-electron chi connectivity index (χ0n) is 15.6. The van der Waals surface area contributed by atoms with E-state index in [9.17, 15) is 18.0 Å². The first-order valence-corrected chi connectivity index (χ1v) is 10.1. The van der Waals surface area contributed by atoms with Crippen LogP contribution in [0, 0.1) is 0 Å². The summed E-state index contributed by atoms with van der Waals surface area (Å²) in [5.41, 5.74) is 1.46. The SMILES string of the molecule is CCc1ccc(C(=O)COC(=O)c2ccc(Cl)c(S(=O)(=O)N(C)OC)c2)cc1. The molecule has 2 aromatic rings. The maximum absolute atomic E-state index is 12.4. The summed E-state index contributed by atoms with van der Waals surface area (Å²) in [6.45, 7) is 1.54. The zero-order valence-corrected chi connectivity index (χ0v) is 17.2. The Kier molecular flexibility index (Phi) is 7.31. The lowest BCUT2D eigenvalue weighted by molar-refractivity contribution is -0.0258. The number of nitrogens with zero attached hydrogens (tertiary/aromatic N) is 1. The van der Waals surface area contributed by atoms with Crippen LogP contribution in [0.1, 0.15) is 33.2 Å². The Bertz CT molecular complexity index is 972. The van der Waals surface area contributed by atoms with E-state index in [1.165, 1.54) is 26.3 Å². The number of halogens is 1. The van der Waals surface area contributed by atoms with Crippen molar-refractivity contribution in [3.05, 3.63) is 64.2 Å². The van der Waals surface area contributed by atoms with Crippen LogP contribution < -0.4 is 0 Å². The first-order valence-electron chi connectivity index (χ1n) is 8.32. The smallest absolute Gasteiger partial charge is 0.338 e. The number of ketones is 1. The van der Waals surface area contributed by atoms with Gasteiger partial charge < -0.3 is 4.74 Å². The number of sulfonamides is 1. The van der Waals surface area contributed by atoms with Crippen molar-refractivity contribution in [1.29, 1.82) is 0 Å². The van der Waals surface area contributed by atoms with E-state index in [0.717, 1.165) is 18.1 Å². The van der Waals surface area contributed by atoms with E-state index < -0.39 is 22.6 Å². The molecule has 0 bridgehead atoms. The van der Waals surface area contributed by atoms with Gasteiger partial charge in [0.15, 0.2) is 12.4 Å². The molecule has 0 unspecified atom stereocenters. The number of rotatable bonds is 8. The fourth-order valence-electron chi connectivity index (χ4n) is 2.29. The monoisotopic (exact) mass is 425 g/mol. The van der Waals surface area contributed by atoms with Gasteiger partial charge in [-0.3, -0.25) is 9.63 Å². The van der Waals surface area contributed by atoms with E-state index in [2.05, 4.69) is 0 Å². The summed E-state index contributed by atoms with van der Waals surface area (Å²) in [5, 5.41) is -0.0764. The molecule has 9 heteroatoms. The molecule has 0 radical (unpaired) electrons. The van der Waals surface area contributed by atoms with Crippen molar-refractivity contribution in [2.75, 3.05) is 20.8 Å². The number of Topliss-reactive ketones (excluding diaryl/α,β-unsaturated/α-hetero) is 1. The van der Waals surface area contributed by atoms with E-state index in [1.807, 2.05) is 19.1 Å². The van der Waals surface area contributed by atoms with Crippen LogP contribution in [-0.2, 0) is 26.0 Å². The average Bonchev–Trinajstić information content (AvgIpc) is 2.71. The molecule has 0 atom stereocenters. The van der Waals surface area contributed by atoms with Gasteiger partial charge in [-0.2, -0.15) is 0 Å². The second-order valence-electron chi connectivity index (χ2n) is 5.79. The highest BCUT2D eigenvalue weighted by molar-refractivity contribution is 7.89. The fourth-order valence-corrected chi connectivity index (χ4v) is 3.76. The standard InChI is InChI=1S/C19H20ClNO6S/c1-4-13-5-7-14(8-6-13)17(22)12-27-19(23)15-9-10-16(20)18(11-15)28(24,25)21(2)26-3/h5-11H,4,12H2,1-3H3. The topological polar surface area (TPSA) is 90.0 Å². The molecular formula is C19H20ClNO6S. The van der Waals surface area contributed by atoms with Crippen LogP contribution in [0.25, 0.3) is 0 Å². The highest BCUT2D eigenvalue weighted by Gasteiger charge is 2.25. The number of carbonyl (C=O) groups excluding carboxylic acids is 2. The van der Waals surface area contributed by atoms with Crippen molar-refractivity contribution in [2.24, 2.45) is 0 Å². The second kappa shape index (κ2) is 9.29. The molecule has 2 rings (SSSR count). The molecule has 0 N–H and O–H groups in total. The molecular weight excluding hydrogens is 406 g/mol. The normalized spacial score (nSPS) is 11.5. The predicted octanol–water partition coefficient (Wildman–Crippen LogP) is 3.12. The number of benzene rings is 2. The van der Waals surface area contributed by atoms with Crippen molar-refractivity contribution in [3.63, 3.8) is 0 Å². The summed E-state index contributed by atoms with van der Waals surface area (Å²) >= 11 is 5.95. The molecule has 150 valence electrons. The highest BCUT2D eigenvalue weighted by Crippen LogP contribution is 2.25. The molecule has 0 fully saturated rings. The number of hydrogen-bond acceptors (Lipinski definition) is 6. The lowest BCUT2D eigenvalue weighted by Crippen LogP contribution is -2.26. The minimum Gasteiger partial charge on any atom is -0.454 e. The van der Waals surface area contributed by atoms with Crippen molar-refractivity contribution < 1.29 is 27.6 Å². The Morgan fingerprint density at radius 1 is 1.07 bits per heavy atom. The Labute approximate surface area is 168 Å². The quantitative estimate of drug-likeness (QED) is 0.366. The number of aryl methyl sites for hydroxylation is 1. The van der Waals surface area contributed by atoms with E-state index in [0.29, 0.717) is 10.0 Å². The lowest BCUT2D eigenvalue weighted by Gasteiger charge is -2.15. The molecule has 0 aliphatic rings. The molecule has 2 aromatic carbocycles. The number of hydrogen-bond donors (Lipinski definition) is 0. The van der Waals surface area contributed by atoms with Gasteiger partial charge in [0.25, 0.3) is 10.0 Å². The van der Waals surface area contributed by atoms with Crippen molar-refractivity contribution >= 4 is 33.4 Å². The first-order chi connectivity index (χ1) is 13.2. The van der Waals surface area contributed by atoms with Gasteiger partial charge in [0, 0.05) is 12.6 Å². The third kappa shape index (κ3) is 4.96. The Balaban J connectivity index is 2.14. The Morgan fingerprint density at radius 3 is 2.25 bits per heavy atom. The molecule has 0 amide bonds. The summed E-state index contributed by atoms with van der Waals surface area (Å²) in [7, 11) is -1.68. The van der Waals surface area contributed by atoms with Gasteiger partial charge in [-0.15, -0.1) is 0 Å². The van der Waals surface area contributed by atoms with Gasteiger partial charge in [0.1, 0.15) is 4.90 Å². The largest absolute Gasteiger partial charge is 0.454 e. The predicted molar refractivity (Wildman–Crippen MR) is 104 cm³/mol. The van der Waals surface area contributed by atoms with Gasteiger partial charge >= 0.3 is 5.97 Å². The number of carbonyl (C=O) groups is 2. The molecule has 0 heterocycles. The van der Waals surface area contributed by atoms with E-state index >= 15 is 0 Å². The van der Waals surface area contributed by atoms with Crippen LogP contribution >= 0.6 is 11.6 Å². The third-order valence-corrected chi connectivity index (χ3v) is 6.22. The molecule has 0 aromatic heterocycles. The number of hydroxylamine groups is 1. The van der Waals surface area contributed by atoms with Crippen molar-refractivity contribution in [3.8, 4) is 0 Å². The molecule has 0 aliphatic carbocycles. The van der Waals surface area contributed by atoms with Crippen LogP contribution in [0.3, 0.4) is 0 Å². The average molecular weight is 426 g/mol. The van der Waals surface area contributed by atoms with Gasteiger partial charge in [-0.1, -0.05) is 47.3 Å².